The molecule has 0 aliphatic heterocycles. The standard InChI is InChI=1S/C10H13BrClNOS/c1-7(2)13(5-4-11)10(14)9-8(12)3-6-15-9/h3,6-7H,4-5H2,1-2H3. The molecule has 0 saturated heterocycles. The normalized spacial score (nSPS) is 10.7. The number of hydrogen-bond donors (Lipinski definition) is 0. The smallest absolute Gasteiger partial charge is 0.265 e. The van der Waals surface area contributed by atoms with Gasteiger partial charge in [-0.15, -0.1) is 11.3 Å². The van der Waals surface area contributed by atoms with E-state index in [9.17, 15) is 4.79 Å². The monoisotopic (exact) mass is 309 g/mol. The van der Waals surface area contributed by atoms with Gasteiger partial charge in [-0.05, 0) is 25.3 Å². The fraction of sp³-hybridized carbons (Fsp3) is 0.500. The number of thiophene rings is 1. The average molecular weight is 311 g/mol. The lowest BCUT2D eigenvalue weighted by Crippen LogP contribution is -2.38. The number of nitrogens with zero attached hydrogens (tertiary/aromatic N) is 1. The molecule has 0 aliphatic rings. The summed E-state index contributed by atoms with van der Waals surface area (Å²) in [5.74, 6) is 0.0180. The van der Waals surface area contributed by atoms with Crippen molar-refractivity contribution in [3.8, 4) is 0 Å². The number of amides is 1. The number of halogens is 2. The van der Waals surface area contributed by atoms with Gasteiger partial charge in [-0.3, -0.25) is 4.79 Å². The molecule has 0 N–H and O–H groups in total. The van der Waals surface area contributed by atoms with Crippen LogP contribution >= 0.6 is 38.9 Å². The van der Waals surface area contributed by atoms with Gasteiger partial charge in [0.1, 0.15) is 4.88 Å². The first-order chi connectivity index (χ1) is 7.07. The second-order valence-corrected chi connectivity index (χ2v) is 5.50. The maximum Gasteiger partial charge on any atom is 0.265 e. The van der Waals surface area contributed by atoms with Crippen LogP contribution in [0.15, 0.2) is 11.4 Å². The van der Waals surface area contributed by atoms with E-state index >= 15 is 0 Å². The third kappa shape index (κ3) is 3.20. The highest BCUT2D eigenvalue weighted by molar-refractivity contribution is 9.09. The van der Waals surface area contributed by atoms with Gasteiger partial charge in [0.25, 0.3) is 5.91 Å². The van der Waals surface area contributed by atoms with Crippen LogP contribution in [0.5, 0.6) is 0 Å². The SMILES string of the molecule is CC(C)N(CCBr)C(=O)c1sccc1Cl. The molecule has 1 heterocycles. The zero-order valence-corrected chi connectivity index (χ0v) is 11.8. The van der Waals surface area contributed by atoms with Crippen LogP contribution < -0.4 is 0 Å². The molecule has 1 rings (SSSR count). The van der Waals surface area contributed by atoms with Gasteiger partial charge in [-0.25, -0.2) is 0 Å². The molecule has 1 aromatic rings. The second kappa shape index (κ2) is 5.87. The predicted molar refractivity (Wildman–Crippen MR) is 69.3 cm³/mol. The van der Waals surface area contributed by atoms with Crippen molar-refractivity contribution in [3.05, 3.63) is 21.3 Å². The molecule has 1 amide bonds. The maximum absolute atomic E-state index is 12.1. The van der Waals surface area contributed by atoms with Crippen molar-refractivity contribution < 1.29 is 4.79 Å². The van der Waals surface area contributed by atoms with Crippen LogP contribution in [0.3, 0.4) is 0 Å². The summed E-state index contributed by atoms with van der Waals surface area (Å²) in [5.41, 5.74) is 0. The van der Waals surface area contributed by atoms with E-state index in [1.165, 1.54) is 11.3 Å². The molecule has 15 heavy (non-hydrogen) atoms. The van der Waals surface area contributed by atoms with E-state index in [4.69, 9.17) is 11.6 Å². The summed E-state index contributed by atoms with van der Waals surface area (Å²) in [6, 6.07) is 1.94. The Kier molecular flexibility index (Phi) is 5.09. The van der Waals surface area contributed by atoms with Crippen molar-refractivity contribution in [2.45, 2.75) is 19.9 Å². The second-order valence-electron chi connectivity index (χ2n) is 3.38. The summed E-state index contributed by atoms with van der Waals surface area (Å²) >= 11 is 10.7. The number of carbonyl (C=O) groups is 1. The Balaban J connectivity index is 2.86. The highest BCUT2D eigenvalue weighted by Gasteiger charge is 2.21. The van der Waals surface area contributed by atoms with Crippen LogP contribution in [0.4, 0.5) is 0 Å². The number of hydrogen-bond acceptors (Lipinski definition) is 2. The largest absolute Gasteiger partial charge is 0.335 e. The molecule has 0 radical (unpaired) electrons. The van der Waals surface area contributed by atoms with Gasteiger partial charge in [0.05, 0.1) is 5.02 Å². The van der Waals surface area contributed by atoms with Gasteiger partial charge >= 0.3 is 0 Å². The summed E-state index contributed by atoms with van der Waals surface area (Å²) in [7, 11) is 0. The van der Waals surface area contributed by atoms with Crippen LogP contribution in [-0.4, -0.2) is 28.7 Å². The molecule has 84 valence electrons. The van der Waals surface area contributed by atoms with Crippen LogP contribution in [0.1, 0.15) is 23.5 Å². The van der Waals surface area contributed by atoms with Crippen molar-refractivity contribution in [1.82, 2.24) is 4.90 Å². The van der Waals surface area contributed by atoms with Gasteiger partial charge in [0, 0.05) is 17.9 Å². The van der Waals surface area contributed by atoms with Crippen molar-refractivity contribution in [2.75, 3.05) is 11.9 Å². The first kappa shape index (κ1) is 13.0. The first-order valence-corrected chi connectivity index (χ1v) is 7.05. The molecule has 5 heteroatoms. The summed E-state index contributed by atoms with van der Waals surface area (Å²) in [6.45, 7) is 4.70. The molecular weight excluding hydrogens is 298 g/mol. The third-order valence-corrected chi connectivity index (χ3v) is 3.71. The first-order valence-electron chi connectivity index (χ1n) is 4.67. The van der Waals surface area contributed by atoms with E-state index in [-0.39, 0.29) is 11.9 Å². The summed E-state index contributed by atoms with van der Waals surface area (Å²) < 4.78 is 0. The summed E-state index contributed by atoms with van der Waals surface area (Å²) in [5, 5.41) is 3.16. The van der Waals surface area contributed by atoms with E-state index in [2.05, 4.69) is 15.9 Å². The molecule has 0 aliphatic carbocycles. The quantitative estimate of drug-likeness (QED) is 0.777. The molecule has 0 saturated carbocycles. The molecule has 0 bridgehead atoms. The van der Waals surface area contributed by atoms with Crippen LogP contribution in [0, 0.1) is 0 Å². The van der Waals surface area contributed by atoms with Crippen LogP contribution in [0.25, 0.3) is 0 Å². The molecular formula is C10H13BrClNOS. The molecule has 2 nitrogen and oxygen atoms in total. The average Bonchev–Trinajstić information content (AvgIpc) is 2.59. The van der Waals surface area contributed by atoms with E-state index in [0.717, 1.165) is 5.33 Å². The number of alkyl halides is 1. The van der Waals surface area contributed by atoms with E-state index in [1.807, 2.05) is 24.1 Å². The highest BCUT2D eigenvalue weighted by Crippen LogP contribution is 2.24. The number of carbonyl (C=O) groups excluding carboxylic acids is 1. The lowest BCUT2D eigenvalue weighted by molar-refractivity contribution is 0.0724. The minimum Gasteiger partial charge on any atom is -0.335 e. The van der Waals surface area contributed by atoms with Gasteiger partial charge in [0.15, 0.2) is 0 Å². The molecule has 0 atom stereocenters. The van der Waals surface area contributed by atoms with E-state index < -0.39 is 0 Å². The summed E-state index contributed by atoms with van der Waals surface area (Å²) in [4.78, 5) is 14.5. The minimum atomic E-state index is 0.0180. The Bertz CT molecular complexity index is 340. The lowest BCUT2D eigenvalue weighted by Gasteiger charge is -2.25. The van der Waals surface area contributed by atoms with Gasteiger partial charge in [-0.2, -0.15) is 0 Å². The fourth-order valence-corrected chi connectivity index (χ4v) is 2.74. The van der Waals surface area contributed by atoms with Gasteiger partial charge in [0.2, 0.25) is 0 Å². The third-order valence-electron chi connectivity index (χ3n) is 2.02. The zero-order valence-electron chi connectivity index (χ0n) is 8.67. The fourth-order valence-electron chi connectivity index (χ4n) is 1.26. The highest BCUT2D eigenvalue weighted by atomic mass is 79.9. The van der Waals surface area contributed by atoms with Crippen molar-refractivity contribution >= 4 is 44.8 Å². The van der Waals surface area contributed by atoms with Gasteiger partial charge in [-0.1, -0.05) is 27.5 Å². The Morgan fingerprint density at radius 1 is 1.67 bits per heavy atom. The predicted octanol–water partition coefficient (Wildman–Crippen LogP) is 3.65. The Labute approximate surface area is 107 Å². The molecule has 0 unspecified atom stereocenters. The molecule has 0 fully saturated rings. The van der Waals surface area contributed by atoms with Crippen LogP contribution in [0.2, 0.25) is 5.02 Å². The maximum atomic E-state index is 12.1. The zero-order chi connectivity index (χ0) is 11.4. The number of rotatable bonds is 4. The molecule has 1 aromatic heterocycles. The molecule has 0 aromatic carbocycles. The lowest BCUT2D eigenvalue weighted by atomic mass is 10.3. The summed E-state index contributed by atoms with van der Waals surface area (Å²) in [6.07, 6.45) is 0. The van der Waals surface area contributed by atoms with Crippen molar-refractivity contribution in [1.29, 1.82) is 0 Å². The Morgan fingerprint density at radius 3 is 2.73 bits per heavy atom. The van der Waals surface area contributed by atoms with Crippen LogP contribution in [-0.2, 0) is 0 Å². The topological polar surface area (TPSA) is 20.3 Å². The van der Waals surface area contributed by atoms with Crippen molar-refractivity contribution in [2.24, 2.45) is 0 Å². The minimum absolute atomic E-state index is 0.0180. The Hall–Kier alpha value is -0.0600. The van der Waals surface area contributed by atoms with E-state index in [1.54, 1.807) is 6.07 Å². The Morgan fingerprint density at radius 2 is 2.33 bits per heavy atom. The van der Waals surface area contributed by atoms with Gasteiger partial charge < -0.3 is 4.90 Å². The molecule has 0 spiro atoms. The van der Waals surface area contributed by atoms with Crippen molar-refractivity contribution in [3.63, 3.8) is 0 Å². The van der Waals surface area contributed by atoms with E-state index in [0.29, 0.717) is 16.4 Å².